The molecular weight excluding hydrogens is 148 g/mol. The molecule has 0 aromatic carbocycles. The zero-order valence-electron chi connectivity index (χ0n) is 8.83. The lowest BCUT2D eigenvalue weighted by Gasteiger charge is -1.97. The van der Waals surface area contributed by atoms with Gasteiger partial charge in [0.25, 0.3) is 0 Å². The molecule has 12 heavy (non-hydrogen) atoms. The van der Waals surface area contributed by atoms with Crippen molar-refractivity contribution in [2.45, 2.75) is 47.1 Å². The Morgan fingerprint density at radius 2 is 2.00 bits per heavy atom. The highest BCUT2D eigenvalue weighted by molar-refractivity contribution is 5.03. The Bertz CT molecular complexity index is 201. The average Bonchev–Trinajstić information content (AvgIpc) is 2.55. The molecule has 0 atom stereocenters. The molecule has 0 aliphatic carbocycles. The van der Waals surface area contributed by atoms with E-state index >= 15 is 0 Å². The minimum Gasteiger partial charge on any atom is -0.273 e. The van der Waals surface area contributed by atoms with Gasteiger partial charge in [-0.25, -0.2) is 0 Å². The summed E-state index contributed by atoms with van der Waals surface area (Å²) < 4.78 is 1.95. The number of aromatic nitrogens is 2. The van der Waals surface area contributed by atoms with Gasteiger partial charge in [-0.05, 0) is 18.9 Å². The summed E-state index contributed by atoms with van der Waals surface area (Å²) in [5.41, 5.74) is 1.18. The molecule has 1 rings (SSSR count). The fraction of sp³-hybridized carbons (Fsp3) is 0.700. The van der Waals surface area contributed by atoms with Gasteiger partial charge in [-0.1, -0.05) is 27.7 Å². The Hall–Kier alpha value is -0.790. The van der Waals surface area contributed by atoms with E-state index in [1.165, 1.54) is 5.69 Å². The number of nitrogens with zero attached hydrogens (tertiary/aromatic N) is 2. The highest BCUT2D eigenvalue weighted by Gasteiger charge is 2.00. The van der Waals surface area contributed by atoms with Gasteiger partial charge >= 0.3 is 0 Å². The molecule has 0 saturated heterocycles. The zero-order chi connectivity index (χ0) is 9.56. The number of aryl methyl sites for hydroxylation is 1. The third-order valence-corrected chi connectivity index (χ3v) is 1.58. The van der Waals surface area contributed by atoms with Crippen LogP contribution >= 0.6 is 0 Å². The maximum atomic E-state index is 4.34. The van der Waals surface area contributed by atoms with E-state index in [9.17, 15) is 0 Å². The Labute approximate surface area is 75.6 Å². The molecule has 1 heterocycles. The Balaban J connectivity index is 0.000000561. The first-order valence-electron chi connectivity index (χ1n) is 4.77. The van der Waals surface area contributed by atoms with Crippen molar-refractivity contribution in [1.82, 2.24) is 9.78 Å². The summed E-state index contributed by atoms with van der Waals surface area (Å²) in [6, 6.07) is 2.08. The monoisotopic (exact) mass is 168 g/mol. The summed E-state index contributed by atoms with van der Waals surface area (Å²) in [5, 5.41) is 4.34. The van der Waals surface area contributed by atoms with Crippen LogP contribution in [0.1, 0.15) is 46.2 Å². The molecule has 0 bridgehead atoms. The van der Waals surface area contributed by atoms with E-state index in [2.05, 4.69) is 31.9 Å². The van der Waals surface area contributed by atoms with Crippen molar-refractivity contribution in [3.8, 4) is 0 Å². The van der Waals surface area contributed by atoms with Crippen molar-refractivity contribution in [2.24, 2.45) is 0 Å². The first-order valence-corrected chi connectivity index (χ1v) is 4.77. The van der Waals surface area contributed by atoms with Gasteiger partial charge in [-0.3, -0.25) is 4.68 Å². The summed E-state index contributed by atoms with van der Waals surface area (Å²) in [6.45, 7) is 11.4. The first kappa shape index (κ1) is 11.2. The van der Waals surface area contributed by atoms with Crippen LogP contribution in [0.3, 0.4) is 0 Å². The van der Waals surface area contributed by atoms with Crippen LogP contribution in [0.2, 0.25) is 0 Å². The van der Waals surface area contributed by atoms with Crippen LogP contribution in [0.25, 0.3) is 0 Å². The largest absolute Gasteiger partial charge is 0.273 e. The van der Waals surface area contributed by atoms with E-state index in [0.29, 0.717) is 5.92 Å². The Morgan fingerprint density at radius 3 is 2.25 bits per heavy atom. The van der Waals surface area contributed by atoms with Crippen molar-refractivity contribution in [3.05, 3.63) is 18.0 Å². The second-order valence-corrected chi connectivity index (χ2v) is 2.75. The van der Waals surface area contributed by atoms with E-state index in [0.717, 1.165) is 6.54 Å². The highest BCUT2D eigenvalue weighted by Crippen LogP contribution is 2.09. The minimum absolute atomic E-state index is 0.549. The smallest absolute Gasteiger partial charge is 0.0649 e. The van der Waals surface area contributed by atoms with Gasteiger partial charge < -0.3 is 0 Å². The van der Waals surface area contributed by atoms with Gasteiger partial charge in [-0.2, -0.15) is 5.10 Å². The second kappa shape index (κ2) is 5.81. The van der Waals surface area contributed by atoms with Crippen molar-refractivity contribution in [2.75, 3.05) is 0 Å². The number of hydrogen-bond acceptors (Lipinski definition) is 1. The van der Waals surface area contributed by atoms with E-state index < -0.39 is 0 Å². The van der Waals surface area contributed by atoms with Crippen molar-refractivity contribution in [3.63, 3.8) is 0 Å². The minimum atomic E-state index is 0.549. The molecule has 0 amide bonds. The fourth-order valence-electron chi connectivity index (χ4n) is 0.861. The van der Waals surface area contributed by atoms with Gasteiger partial charge in [0.15, 0.2) is 0 Å². The molecule has 70 valence electrons. The van der Waals surface area contributed by atoms with Gasteiger partial charge in [-0.15, -0.1) is 0 Å². The predicted molar refractivity (Wildman–Crippen MR) is 53.3 cm³/mol. The molecule has 0 fully saturated rings. The molecule has 0 N–H and O–H groups in total. The van der Waals surface area contributed by atoms with E-state index in [1.54, 1.807) is 0 Å². The summed E-state index contributed by atoms with van der Waals surface area (Å²) in [6.07, 6.45) is 2.02. The van der Waals surface area contributed by atoms with Crippen LogP contribution < -0.4 is 0 Å². The molecule has 0 saturated carbocycles. The number of rotatable bonds is 2. The van der Waals surface area contributed by atoms with E-state index in [4.69, 9.17) is 0 Å². The lowest BCUT2D eigenvalue weighted by Crippen LogP contribution is -1.96. The normalized spacial score (nSPS) is 9.50. The molecule has 1 aromatic heterocycles. The zero-order valence-corrected chi connectivity index (χ0v) is 8.83. The van der Waals surface area contributed by atoms with Crippen LogP contribution in [0.5, 0.6) is 0 Å². The standard InChI is InChI=1S/C8H14N2.C2H6/c1-4-10-6-5-8(9-10)7(2)3;1-2/h5-7H,4H2,1-3H3;1-2H3. The van der Waals surface area contributed by atoms with Gasteiger partial charge in [0.2, 0.25) is 0 Å². The van der Waals surface area contributed by atoms with Crippen molar-refractivity contribution < 1.29 is 0 Å². The molecular formula is C10H20N2. The van der Waals surface area contributed by atoms with Gasteiger partial charge in [0, 0.05) is 12.7 Å². The van der Waals surface area contributed by atoms with Crippen LogP contribution in [-0.2, 0) is 6.54 Å². The van der Waals surface area contributed by atoms with Crippen LogP contribution in [0.15, 0.2) is 12.3 Å². The number of hydrogen-bond donors (Lipinski definition) is 0. The molecule has 0 aliphatic rings. The lowest BCUT2D eigenvalue weighted by atomic mass is 10.1. The topological polar surface area (TPSA) is 17.8 Å². The third kappa shape index (κ3) is 3.07. The third-order valence-electron chi connectivity index (χ3n) is 1.58. The predicted octanol–water partition coefficient (Wildman–Crippen LogP) is 3.05. The Morgan fingerprint density at radius 1 is 1.42 bits per heavy atom. The molecule has 0 spiro atoms. The first-order chi connectivity index (χ1) is 5.74. The molecule has 0 unspecified atom stereocenters. The lowest BCUT2D eigenvalue weighted by molar-refractivity contribution is 0.635. The van der Waals surface area contributed by atoms with Crippen LogP contribution in [0.4, 0.5) is 0 Å². The maximum Gasteiger partial charge on any atom is 0.0649 e. The van der Waals surface area contributed by atoms with Crippen molar-refractivity contribution >= 4 is 0 Å². The average molecular weight is 168 g/mol. The van der Waals surface area contributed by atoms with E-state index in [-0.39, 0.29) is 0 Å². The molecule has 0 aliphatic heterocycles. The molecule has 2 nitrogen and oxygen atoms in total. The summed E-state index contributed by atoms with van der Waals surface area (Å²) in [5.74, 6) is 0.549. The van der Waals surface area contributed by atoms with E-state index in [1.807, 2.05) is 24.7 Å². The SMILES string of the molecule is CC.CCn1ccc(C(C)C)n1. The highest BCUT2D eigenvalue weighted by atomic mass is 15.3. The van der Waals surface area contributed by atoms with Crippen LogP contribution in [0, 0.1) is 0 Å². The van der Waals surface area contributed by atoms with Gasteiger partial charge in [0.05, 0.1) is 5.69 Å². The summed E-state index contributed by atoms with van der Waals surface area (Å²) >= 11 is 0. The molecule has 2 heteroatoms. The summed E-state index contributed by atoms with van der Waals surface area (Å²) in [7, 11) is 0. The summed E-state index contributed by atoms with van der Waals surface area (Å²) in [4.78, 5) is 0. The molecule has 0 radical (unpaired) electrons. The maximum absolute atomic E-state index is 4.34. The Kier molecular flexibility index (Phi) is 5.43. The van der Waals surface area contributed by atoms with Crippen molar-refractivity contribution in [1.29, 1.82) is 0 Å². The molecule has 1 aromatic rings. The fourth-order valence-corrected chi connectivity index (χ4v) is 0.861. The van der Waals surface area contributed by atoms with Crippen LogP contribution in [-0.4, -0.2) is 9.78 Å². The quantitative estimate of drug-likeness (QED) is 0.663. The van der Waals surface area contributed by atoms with Gasteiger partial charge in [0.1, 0.15) is 0 Å². The second-order valence-electron chi connectivity index (χ2n) is 2.75.